The van der Waals surface area contributed by atoms with Crippen molar-refractivity contribution in [3.63, 3.8) is 0 Å². The average Bonchev–Trinajstić information content (AvgIpc) is 3.29. The van der Waals surface area contributed by atoms with Gasteiger partial charge in [0.05, 0.1) is 30.8 Å². The lowest BCUT2D eigenvalue weighted by Gasteiger charge is -2.26. The van der Waals surface area contributed by atoms with E-state index >= 15 is 0 Å². The fourth-order valence-corrected chi connectivity index (χ4v) is 3.94. The minimum atomic E-state index is -1.04. The van der Waals surface area contributed by atoms with Crippen molar-refractivity contribution in [3.8, 4) is 0 Å². The number of rotatable bonds is 10. The van der Waals surface area contributed by atoms with Gasteiger partial charge in [-0.05, 0) is 42.5 Å². The number of allylic oxidation sites excluding steroid dienone is 1. The number of aromatic amines is 1. The van der Waals surface area contributed by atoms with E-state index in [1.807, 2.05) is 39.0 Å². The zero-order chi connectivity index (χ0) is 28.7. The number of aliphatic hydroxyl groups excluding tert-OH is 1. The van der Waals surface area contributed by atoms with E-state index in [4.69, 9.17) is 5.73 Å². The molecule has 0 saturated carbocycles. The topological polar surface area (TPSA) is 181 Å². The summed E-state index contributed by atoms with van der Waals surface area (Å²) >= 11 is 0. The molecular weight excluding hydrogens is 504 g/mol. The minimum Gasteiger partial charge on any atom is -0.453 e. The molecule has 208 valence electrons. The molecule has 0 aliphatic rings. The van der Waals surface area contributed by atoms with Crippen LogP contribution < -0.4 is 21.9 Å². The van der Waals surface area contributed by atoms with E-state index < -0.39 is 35.6 Å². The molecule has 2 aromatic heterocycles. The molecule has 3 rings (SSSR count). The number of aliphatic hydroxyl groups is 1. The SMILES string of the molecule is COC(=O)N[C@@H](CC/C=C/C(N)=O)C(=O)Nc1cccn(Cc2nc3cccc(C(O)C(C)(C)C)c3[nH]2)c1=O. The maximum absolute atomic E-state index is 13.2. The van der Waals surface area contributed by atoms with Crippen molar-refractivity contribution in [3.05, 3.63) is 70.4 Å². The number of carbonyl (C=O) groups is 3. The number of carbonyl (C=O) groups excluding carboxylic acids is 3. The van der Waals surface area contributed by atoms with E-state index in [9.17, 15) is 24.3 Å². The standard InChI is InChI=1S/C27H34N6O6/c1-27(2,3)23(35)16-9-7-11-17-22(16)32-21(29-17)15-33-14-8-12-19(25(33)37)30-24(36)18(31-26(38)39-4)10-5-6-13-20(28)34/h6-9,11-14,18,23,35H,5,10,15H2,1-4H3,(H2,28,34)(H,29,32)(H,30,36)(H,31,38)/b13-6+/t18-,23?/m0/s1. The van der Waals surface area contributed by atoms with Crippen LogP contribution in [0.4, 0.5) is 10.5 Å². The number of primary amides is 1. The normalized spacial score (nSPS) is 13.3. The summed E-state index contributed by atoms with van der Waals surface area (Å²) in [7, 11) is 1.16. The molecule has 12 heteroatoms. The van der Waals surface area contributed by atoms with Crippen molar-refractivity contribution in [1.29, 1.82) is 0 Å². The number of hydrogen-bond acceptors (Lipinski definition) is 7. The van der Waals surface area contributed by atoms with Gasteiger partial charge in [0.1, 0.15) is 17.6 Å². The second-order valence-corrected chi connectivity index (χ2v) is 10.1. The van der Waals surface area contributed by atoms with Crippen LogP contribution in [-0.4, -0.2) is 50.7 Å². The number of methoxy groups -OCH3 is 1. The lowest BCUT2D eigenvalue weighted by atomic mass is 9.84. The zero-order valence-electron chi connectivity index (χ0n) is 22.4. The van der Waals surface area contributed by atoms with E-state index in [1.165, 1.54) is 16.7 Å². The minimum absolute atomic E-state index is 0.00630. The fourth-order valence-electron chi connectivity index (χ4n) is 3.94. The third-order valence-electron chi connectivity index (χ3n) is 6.01. The average molecular weight is 539 g/mol. The first-order chi connectivity index (χ1) is 18.4. The Kier molecular flexibility index (Phi) is 9.25. The highest BCUT2D eigenvalue weighted by Gasteiger charge is 2.26. The molecule has 0 spiro atoms. The summed E-state index contributed by atoms with van der Waals surface area (Å²) in [5.74, 6) is -0.768. The Bertz CT molecular complexity index is 1430. The number of alkyl carbamates (subject to hydrolysis) is 1. The molecule has 0 aliphatic heterocycles. The van der Waals surface area contributed by atoms with Gasteiger partial charge in [-0.25, -0.2) is 9.78 Å². The highest BCUT2D eigenvalue weighted by molar-refractivity contribution is 5.96. The Morgan fingerprint density at radius 1 is 1.23 bits per heavy atom. The number of nitrogens with two attached hydrogens (primary N) is 1. The van der Waals surface area contributed by atoms with E-state index in [-0.39, 0.29) is 30.5 Å². The molecule has 12 nitrogen and oxygen atoms in total. The number of hydrogen-bond donors (Lipinski definition) is 5. The van der Waals surface area contributed by atoms with Crippen LogP contribution >= 0.6 is 0 Å². The largest absolute Gasteiger partial charge is 0.453 e. The summed E-state index contributed by atoms with van der Waals surface area (Å²) in [5.41, 5.74) is 6.27. The number of aromatic nitrogens is 3. The van der Waals surface area contributed by atoms with Crippen LogP contribution in [0.5, 0.6) is 0 Å². The summed E-state index contributed by atoms with van der Waals surface area (Å²) in [4.78, 5) is 56.5. The Hall–Kier alpha value is -4.45. The Balaban J connectivity index is 1.81. The van der Waals surface area contributed by atoms with Gasteiger partial charge in [0.15, 0.2) is 0 Å². The molecule has 0 saturated heterocycles. The maximum Gasteiger partial charge on any atom is 0.407 e. The van der Waals surface area contributed by atoms with Crippen molar-refractivity contribution >= 4 is 34.6 Å². The molecule has 0 aliphatic carbocycles. The summed E-state index contributed by atoms with van der Waals surface area (Å²) in [5, 5.41) is 15.8. The number of amides is 3. The lowest BCUT2D eigenvalue weighted by Crippen LogP contribution is -2.44. The van der Waals surface area contributed by atoms with Crippen LogP contribution in [0.15, 0.2) is 53.5 Å². The highest BCUT2D eigenvalue weighted by Crippen LogP contribution is 2.35. The van der Waals surface area contributed by atoms with Crippen LogP contribution in [0.25, 0.3) is 11.0 Å². The molecule has 3 aromatic rings. The molecule has 39 heavy (non-hydrogen) atoms. The molecule has 0 radical (unpaired) electrons. The quantitative estimate of drug-likeness (QED) is 0.246. The van der Waals surface area contributed by atoms with Crippen LogP contribution in [0.2, 0.25) is 0 Å². The van der Waals surface area contributed by atoms with Crippen LogP contribution in [0, 0.1) is 5.41 Å². The summed E-state index contributed by atoms with van der Waals surface area (Å²) in [6.07, 6.45) is 3.06. The van der Waals surface area contributed by atoms with Crippen molar-refractivity contribution in [2.45, 2.75) is 52.3 Å². The van der Waals surface area contributed by atoms with E-state index in [0.717, 1.165) is 13.2 Å². The number of imidazole rings is 1. The predicted octanol–water partition coefficient (Wildman–Crippen LogP) is 2.34. The van der Waals surface area contributed by atoms with Gasteiger partial charge < -0.3 is 35.8 Å². The number of nitrogens with one attached hydrogen (secondary N) is 3. The third kappa shape index (κ3) is 7.54. The predicted molar refractivity (Wildman–Crippen MR) is 146 cm³/mol. The van der Waals surface area contributed by atoms with Crippen molar-refractivity contribution < 1.29 is 24.2 Å². The summed E-state index contributed by atoms with van der Waals surface area (Å²) in [6, 6.07) is 7.50. The Morgan fingerprint density at radius 3 is 2.64 bits per heavy atom. The number of pyridine rings is 1. The van der Waals surface area contributed by atoms with E-state index in [1.54, 1.807) is 12.3 Å². The number of anilines is 1. The third-order valence-corrected chi connectivity index (χ3v) is 6.01. The van der Waals surface area contributed by atoms with Crippen LogP contribution in [-0.2, 0) is 20.9 Å². The lowest BCUT2D eigenvalue weighted by molar-refractivity contribution is -0.118. The second-order valence-electron chi connectivity index (χ2n) is 10.1. The van der Waals surface area contributed by atoms with Gasteiger partial charge in [0, 0.05) is 11.8 Å². The number of fused-ring (bicyclic) bond motifs is 1. The molecule has 3 amide bonds. The molecular formula is C27H34N6O6. The number of para-hydroxylation sites is 1. The highest BCUT2D eigenvalue weighted by atomic mass is 16.5. The maximum atomic E-state index is 13.2. The molecule has 1 aromatic carbocycles. The van der Waals surface area contributed by atoms with Crippen LogP contribution in [0.1, 0.15) is 51.1 Å². The van der Waals surface area contributed by atoms with Gasteiger partial charge in [-0.3, -0.25) is 14.4 Å². The first-order valence-electron chi connectivity index (χ1n) is 12.4. The number of benzene rings is 1. The number of nitrogens with zero attached hydrogens (tertiary/aromatic N) is 2. The van der Waals surface area contributed by atoms with Gasteiger partial charge in [-0.1, -0.05) is 39.0 Å². The van der Waals surface area contributed by atoms with Crippen LogP contribution in [0.3, 0.4) is 0 Å². The zero-order valence-corrected chi connectivity index (χ0v) is 22.4. The van der Waals surface area contributed by atoms with E-state index in [0.29, 0.717) is 22.4 Å². The van der Waals surface area contributed by atoms with Crippen molar-refractivity contribution in [2.75, 3.05) is 12.4 Å². The first-order valence-corrected chi connectivity index (χ1v) is 12.4. The molecule has 6 N–H and O–H groups in total. The molecule has 0 bridgehead atoms. The van der Waals surface area contributed by atoms with E-state index in [2.05, 4.69) is 25.3 Å². The van der Waals surface area contributed by atoms with Gasteiger partial charge in [0.25, 0.3) is 5.56 Å². The van der Waals surface area contributed by atoms with Gasteiger partial charge in [0.2, 0.25) is 11.8 Å². The van der Waals surface area contributed by atoms with Crippen molar-refractivity contribution in [1.82, 2.24) is 19.9 Å². The number of ether oxygens (including phenoxy) is 1. The number of H-pyrrole nitrogens is 1. The van der Waals surface area contributed by atoms with Crippen molar-refractivity contribution in [2.24, 2.45) is 11.1 Å². The fraction of sp³-hybridized carbons (Fsp3) is 0.370. The van der Waals surface area contributed by atoms with Gasteiger partial charge in [-0.15, -0.1) is 0 Å². The molecule has 1 unspecified atom stereocenters. The monoisotopic (exact) mass is 538 g/mol. The second kappa shape index (κ2) is 12.4. The summed E-state index contributed by atoms with van der Waals surface area (Å²) < 4.78 is 5.97. The molecule has 0 fully saturated rings. The Morgan fingerprint density at radius 2 is 1.97 bits per heavy atom. The molecule has 2 heterocycles. The summed E-state index contributed by atoms with van der Waals surface area (Å²) in [6.45, 7) is 5.91. The van der Waals surface area contributed by atoms with Gasteiger partial charge in [-0.2, -0.15) is 0 Å². The Labute approximate surface area is 225 Å². The smallest absolute Gasteiger partial charge is 0.407 e. The van der Waals surface area contributed by atoms with Gasteiger partial charge >= 0.3 is 6.09 Å². The first kappa shape index (κ1) is 29.1. The molecule has 2 atom stereocenters.